The van der Waals surface area contributed by atoms with Crippen LogP contribution in [0.1, 0.15) is 12.0 Å². The highest BCUT2D eigenvalue weighted by molar-refractivity contribution is 6.04. The van der Waals surface area contributed by atoms with Crippen LogP contribution in [0.15, 0.2) is 53.7 Å². The molecule has 1 amide bonds. The summed E-state index contributed by atoms with van der Waals surface area (Å²) in [5, 5.41) is 4.04. The topological polar surface area (TPSA) is 54.4 Å². The second-order valence-electron chi connectivity index (χ2n) is 6.83. The highest BCUT2D eigenvalue weighted by Gasteiger charge is 2.34. The van der Waals surface area contributed by atoms with Crippen molar-refractivity contribution in [2.24, 2.45) is 5.16 Å². The van der Waals surface area contributed by atoms with E-state index in [1.807, 2.05) is 29.2 Å². The minimum Gasteiger partial charge on any atom is -0.495 e. The van der Waals surface area contributed by atoms with E-state index in [9.17, 15) is 9.18 Å². The van der Waals surface area contributed by atoms with Crippen LogP contribution in [0, 0.1) is 5.82 Å². The number of amides is 1. The summed E-state index contributed by atoms with van der Waals surface area (Å²) < 4.78 is 18.5. The van der Waals surface area contributed by atoms with Crippen LogP contribution in [0.25, 0.3) is 0 Å². The number of hydrogen-bond donors (Lipinski definition) is 0. The van der Waals surface area contributed by atoms with Gasteiger partial charge in [0.05, 0.1) is 18.5 Å². The summed E-state index contributed by atoms with van der Waals surface area (Å²) >= 11 is 0. The zero-order valence-corrected chi connectivity index (χ0v) is 15.7. The molecule has 1 saturated heterocycles. The third kappa shape index (κ3) is 3.65. The lowest BCUT2D eigenvalue weighted by Crippen LogP contribution is -2.51. The largest absolute Gasteiger partial charge is 0.495 e. The van der Waals surface area contributed by atoms with Crippen LogP contribution in [0.4, 0.5) is 10.1 Å². The van der Waals surface area contributed by atoms with Crippen LogP contribution in [0.5, 0.6) is 5.75 Å². The van der Waals surface area contributed by atoms with Crippen LogP contribution < -0.4 is 9.64 Å². The Morgan fingerprint density at radius 2 is 1.82 bits per heavy atom. The molecule has 2 aliphatic rings. The number of carbonyl (C=O) groups is 1. The Morgan fingerprint density at radius 1 is 1.11 bits per heavy atom. The van der Waals surface area contributed by atoms with E-state index in [2.05, 4.69) is 10.1 Å². The molecule has 0 N–H and O–H groups in total. The molecule has 2 heterocycles. The molecule has 2 aromatic rings. The quantitative estimate of drug-likeness (QED) is 0.815. The number of hydrogen-bond acceptors (Lipinski definition) is 5. The Morgan fingerprint density at radius 3 is 2.54 bits per heavy atom. The molecule has 0 aliphatic carbocycles. The van der Waals surface area contributed by atoms with E-state index in [0.717, 1.165) is 30.1 Å². The maximum absolute atomic E-state index is 13.1. The van der Waals surface area contributed by atoms with Crippen molar-refractivity contribution in [3.8, 4) is 5.75 Å². The van der Waals surface area contributed by atoms with Gasteiger partial charge in [-0.25, -0.2) is 4.39 Å². The van der Waals surface area contributed by atoms with Crippen molar-refractivity contribution < 1.29 is 18.8 Å². The monoisotopic (exact) mass is 383 g/mol. The molecule has 28 heavy (non-hydrogen) atoms. The lowest BCUT2D eigenvalue weighted by molar-refractivity contribution is -0.142. The summed E-state index contributed by atoms with van der Waals surface area (Å²) in [6, 6.07) is 13.9. The van der Waals surface area contributed by atoms with Crippen LogP contribution in [0.3, 0.4) is 0 Å². The van der Waals surface area contributed by atoms with Crippen LogP contribution in [-0.2, 0) is 9.63 Å². The second kappa shape index (κ2) is 7.88. The molecule has 0 bridgehead atoms. The molecule has 4 rings (SSSR count). The number of para-hydroxylation sites is 2. The number of halogens is 1. The van der Waals surface area contributed by atoms with Gasteiger partial charge in [-0.2, -0.15) is 0 Å². The minimum absolute atomic E-state index is 0.0551. The smallest absolute Gasteiger partial charge is 0.267 e. The number of rotatable bonds is 4. The number of methoxy groups -OCH3 is 1. The Hall–Kier alpha value is -3.09. The first-order valence-corrected chi connectivity index (χ1v) is 9.31. The molecular weight excluding hydrogens is 361 g/mol. The lowest BCUT2D eigenvalue weighted by atomic mass is 10.0. The molecule has 0 radical (unpaired) electrons. The van der Waals surface area contributed by atoms with E-state index in [4.69, 9.17) is 9.57 Å². The number of ether oxygens (including phenoxy) is 1. The van der Waals surface area contributed by atoms with Gasteiger partial charge in [0.25, 0.3) is 5.91 Å². The van der Waals surface area contributed by atoms with Crippen molar-refractivity contribution in [3.05, 3.63) is 59.9 Å². The molecular formula is C21H22FN3O3. The molecule has 1 atom stereocenters. The maximum atomic E-state index is 13.1. The Kier molecular flexibility index (Phi) is 5.14. The van der Waals surface area contributed by atoms with Crippen molar-refractivity contribution in [2.75, 3.05) is 38.2 Å². The normalized spacial score (nSPS) is 19.2. The van der Waals surface area contributed by atoms with Gasteiger partial charge in [0.2, 0.25) is 6.10 Å². The van der Waals surface area contributed by atoms with E-state index in [1.54, 1.807) is 19.2 Å². The number of benzene rings is 2. The average molecular weight is 383 g/mol. The number of nitrogens with zero attached hydrogens (tertiary/aromatic N) is 3. The SMILES string of the molecule is COc1ccccc1N1CCN(C(=O)[C@@H]2CC(c3ccc(F)cc3)=NO2)CC1. The first-order chi connectivity index (χ1) is 13.7. The molecule has 0 unspecified atom stereocenters. The van der Waals surface area contributed by atoms with Crippen LogP contribution >= 0.6 is 0 Å². The molecule has 7 heteroatoms. The summed E-state index contributed by atoms with van der Waals surface area (Å²) in [5.74, 6) is 0.475. The van der Waals surface area contributed by atoms with Crippen molar-refractivity contribution >= 4 is 17.3 Å². The molecule has 6 nitrogen and oxygen atoms in total. The first-order valence-electron chi connectivity index (χ1n) is 9.31. The zero-order chi connectivity index (χ0) is 19.5. The standard InChI is InChI=1S/C21H22FN3O3/c1-27-19-5-3-2-4-18(19)24-10-12-25(13-11-24)21(26)20-14-17(23-28-20)15-6-8-16(22)9-7-15/h2-9,20H,10-14H2,1H3/t20-/m0/s1. The van der Waals surface area contributed by atoms with Gasteiger partial charge >= 0.3 is 0 Å². The predicted molar refractivity (Wildman–Crippen MR) is 104 cm³/mol. The molecule has 0 aromatic heterocycles. The summed E-state index contributed by atoms with van der Waals surface area (Å²) in [5.41, 5.74) is 2.49. The molecule has 2 aromatic carbocycles. The van der Waals surface area contributed by atoms with Crippen LogP contribution in [-0.4, -0.2) is 55.9 Å². The molecule has 2 aliphatic heterocycles. The number of carbonyl (C=O) groups excluding carboxylic acids is 1. The minimum atomic E-state index is -0.613. The van der Waals surface area contributed by atoms with Crippen molar-refractivity contribution in [1.82, 2.24) is 4.90 Å². The fraction of sp³-hybridized carbons (Fsp3) is 0.333. The number of anilines is 1. The second-order valence-corrected chi connectivity index (χ2v) is 6.83. The third-order valence-corrected chi connectivity index (χ3v) is 5.14. The van der Waals surface area contributed by atoms with Crippen molar-refractivity contribution in [2.45, 2.75) is 12.5 Å². The lowest BCUT2D eigenvalue weighted by Gasteiger charge is -2.37. The number of oxime groups is 1. The average Bonchev–Trinajstić information content (AvgIpc) is 3.24. The predicted octanol–water partition coefficient (Wildman–Crippen LogP) is 2.68. The fourth-order valence-electron chi connectivity index (χ4n) is 3.59. The van der Waals surface area contributed by atoms with E-state index < -0.39 is 6.10 Å². The Labute approximate surface area is 163 Å². The zero-order valence-electron chi connectivity index (χ0n) is 15.7. The summed E-state index contributed by atoms with van der Waals surface area (Å²) in [7, 11) is 1.66. The fourth-order valence-corrected chi connectivity index (χ4v) is 3.59. The number of piperazine rings is 1. The van der Waals surface area contributed by atoms with Gasteiger partial charge in [-0.05, 0) is 29.8 Å². The van der Waals surface area contributed by atoms with Gasteiger partial charge in [-0.15, -0.1) is 0 Å². The molecule has 0 spiro atoms. The summed E-state index contributed by atoms with van der Waals surface area (Å²) in [4.78, 5) is 22.2. The maximum Gasteiger partial charge on any atom is 0.267 e. The summed E-state index contributed by atoms with van der Waals surface area (Å²) in [6.07, 6.45) is -0.213. The third-order valence-electron chi connectivity index (χ3n) is 5.14. The van der Waals surface area contributed by atoms with Crippen molar-refractivity contribution in [3.63, 3.8) is 0 Å². The van der Waals surface area contributed by atoms with Crippen molar-refractivity contribution in [1.29, 1.82) is 0 Å². The van der Waals surface area contributed by atoms with Gasteiger partial charge in [0.1, 0.15) is 11.6 Å². The van der Waals surface area contributed by atoms with E-state index in [0.29, 0.717) is 25.2 Å². The van der Waals surface area contributed by atoms with Gasteiger partial charge in [0, 0.05) is 32.6 Å². The van der Waals surface area contributed by atoms with E-state index in [-0.39, 0.29) is 11.7 Å². The Balaban J connectivity index is 1.34. The van der Waals surface area contributed by atoms with Gasteiger partial charge < -0.3 is 19.4 Å². The molecule has 1 fully saturated rings. The Bertz CT molecular complexity index is 877. The van der Waals surface area contributed by atoms with E-state index in [1.165, 1.54) is 12.1 Å². The van der Waals surface area contributed by atoms with Gasteiger partial charge in [0.15, 0.2) is 0 Å². The highest BCUT2D eigenvalue weighted by atomic mass is 19.1. The molecule has 146 valence electrons. The van der Waals surface area contributed by atoms with Crippen LogP contribution in [0.2, 0.25) is 0 Å². The summed E-state index contributed by atoms with van der Waals surface area (Å²) in [6.45, 7) is 2.68. The van der Waals surface area contributed by atoms with Gasteiger partial charge in [-0.3, -0.25) is 4.79 Å². The van der Waals surface area contributed by atoms with E-state index >= 15 is 0 Å². The highest BCUT2D eigenvalue weighted by Crippen LogP contribution is 2.28. The first kappa shape index (κ1) is 18.3. The molecule has 0 saturated carbocycles. The van der Waals surface area contributed by atoms with Gasteiger partial charge in [-0.1, -0.05) is 29.4 Å².